The molecular weight excluding hydrogens is 202 g/mol. The van der Waals surface area contributed by atoms with Crippen LogP contribution in [-0.2, 0) is 0 Å². The Bertz CT molecular complexity index is 508. The van der Waals surface area contributed by atoms with E-state index >= 15 is 0 Å². The van der Waals surface area contributed by atoms with Gasteiger partial charge in [-0.15, -0.1) is 0 Å². The summed E-state index contributed by atoms with van der Waals surface area (Å²) >= 11 is 0. The number of benzene rings is 1. The molecule has 0 unspecified atom stereocenters. The van der Waals surface area contributed by atoms with Gasteiger partial charge < -0.3 is 0 Å². The number of aromatic nitrogens is 2. The molecule has 3 nitrogen and oxygen atoms in total. The number of hydrogen-bond acceptors (Lipinski definition) is 2. The molecule has 0 N–H and O–H groups in total. The molecule has 0 saturated carbocycles. The van der Waals surface area contributed by atoms with E-state index in [1.54, 1.807) is 6.07 Å². The van der Waals surface area contributed by atoms with E-state index in [0.717, 1.165) is 10.9 Å². The van der Waals surface area contributed by atoms with E-state index in [-0.39, 0.29) is 11.3 Å². The van der Waals surface area contributed by atoms with Gasteiger partial charge in [0.25, 0.3) is 0 Å². The number of rotatable bonds is 2. The van der Waals surface area contributed by atoms with Gasteiger partial charge in [-0.25, -0.2) is 9.07 Å². The lowest BCUT2D eigenvalue weighted by Gasteiger charge is -2.02. The van der Waals surface area contributed by atoms with E-state index < -0.39 is 11.8 Å². The Hall–Kier alpha value is -2.04. The average Bonchev–Trinajstić information content (AvgIpc) is 2.60. The van der Waals surface area contributed by atoms with Gasteiger partial charge in [-0.05, 0) is 12.1 Å². The van der Waals surface area contributed by atoms with Gasteiger partial charge in [-0.1, -0.05) is 12.1 Å². The first-order chi connectivity index (χ1) is 7.24. The number of aldehydes is 1. The maximum absolute atomic E-state index is 13.4. The largest absolute Gasteiger partial charge is 0.298 e. The molecule has 0 spiro atoms. The van der Waals surface area contributed by atoms with Crippen LogP contribution in [0.25, 0.3) is 5.69 Å². The Kier molecular flexibility index (Phi) is 2.29. The normalized spacial score (nSPS) is 10.3. The summed E-state index contributed by atoms with van der Waals surface area (Å²) in [5.74, 6) is -1.47. The SMILES string of the molecule is O=Cc1cnn(-c2ccccc2F)c1F. The fourth-order valence-electron chi connectivity index (χ4n) is 1.22. The summed E-state index contributed by atoms with van der Waals surface area (Å²) in [6.07, 6.45) is 1.38. The van der Waals surface area contributed by atoms with Crippen molar-refractivity contribution in [3.8, 4) is 5.69 Å². The molecule has 76 valence electrons. The first-order valence-electron chi connectivity index (χ1n) is 4.17. The molecule has 0 saturated heterocycles. The van der Waals surface area contributed by atoms with Crippen LogP contribution in [0.15, 0.2) is 30.5 Å². The van der Waals surface area contributed by atoms with Crippen LogP contribution in [0.1, 0.15) is 10.4 Å². The molecule has 15 heavy (non-hydrogen) atoms. The molecule has 0 aliphatic carbocycles. The first kappa shape index (κ1) is 9.51. The Balaban J connectivity index is 2.59. The topological polar surface area (TPSA) is 34.9 Å². The van der Waals surface area contributed by atoms with Gasteiger partial charge in [-0.2, -0.15) is 9.49 Å². The van der Waals surface area contributed by atoms with Crippen LogP contribution in [-0.4, -0.2) is 16.1 Å². The van der Waals surface area contributed by atoms with Crippen LogP contribution >= 0.6 is 0 Å². The van der Waals surface area contributed by atoms with Gasteiger partial charge in [0.15, 0.2) is 6.29 Å². The van der Waals surface area contributed by atoms with Crippen molar-refractivity contribution in [2.75, 3.05) is 0 Å². The summed E-state index contributed by atoms with van der Waals surface area (Å²) in [7, 11) is 0. The van der Waals surface area contributed by atoms with Crippen LogP contribution in [0.3, 0.4) is 0 Å². The second-order valence-corrected chi connectivity index (χ2v) is 2.87. The molecular formula is C10H6F2N2O. The van der Waals surface area contributed by atoms with Crippen LogP contribution in [0.4, 0.5) is 8.78 Å². The third-order valence-corrected chi connectivity index (χ3v) is 1.94. The number of hydrogen-bond donors (Lipinski definition) is 0. The molecule has 0 aliphatic rings. The predicted octanol–water partition coefficient (Wildman–Crippen LogP) is 1.96. The van der Waals surface area contributed by atoms with Crippen molar-refractivity contribution < 1.29 is 13.6 Å². The predicted molar refractivity (Wildman–Crippen MR) is 48.9 cm³/mol. The Labute approximate surface area is 84.0 Å². The molecule has 0 aliphatic heterocycles. The highest BCUT2D eigenvalue weighted by Gasteiger charge is 2.13. The Morgan fingerprint density at radius 1 is 1.27 bits per heavy atom. The molecule has 1 aromatic heterocycles. The highest BCUT2D eigenvalue weighted by Crippen LogP contribution is 2.15. The van der Waals surface area contributed by atoms with Crippen LogP contribution in [0.2, 0.25) is 0 Å². The van der Waals surface area contributed by atoms with E-state index in [1.807, 2.05) is 0 Å². The fourth-order valence-corrected chi connectivity index (χ4v) is 1.22. The van der Waals surface area contributed by atoms with Gasteiger partial charge in [0.2, 0.25) is 5.95 Å². The van der Waals surface area contributed by atoms with Crippen molar-refractivity contribution >= 4 is 6.29 Å². The van der Waals surface area contributed by atoms with Crippen LogP contribution in [0, 0.1) is 11.8 Å². The highest BCUT2D eigenvalue weighted by atomic mass is 19.1. The van der Waals surface area contributed by atoms with Crippen molar-refractivity contribution in [1.82, 2.24) is 9.78 Å². The van der Waals surface area contributed by atoms with Gasteiger partial charge in [0, 0.05) is 0 Å². The van der Waals surface area contributed by atoms with Crippen molar-refractivity contribution in [2.24, 2.45) is 0 Å². The zero-order valence-electron chi connectivity index (χ0n) is 7.52. The number of halogens is 2. The minimum absolute atomic E-state index is 0.0249. The van der Waals surface area contributed by atoms with E-state index in [2.05, 4.69) is 5.10 Å². The van der Waals surface area contributed by atoms with Crippen molar-refractivity contribution in [2.45, 2.75) is 0 Å². The number of para-hydroxylation sites is 1. The lowest BCUT2D eigenvalue weighted by atomic mass is 10.3. The summed E-state index contributed by atoms with van der Waals surface area (Å²) in [5.41, 5.74) is -0.221. The maximum atomic E-state index is 13.4. The monoisotopic (exact) mass is 208 g/mol. The summed E-state index contributed by atoms with van der Waals surface area (Å²) < 4.78 is 27.4. The molecule has 0 fully saturated rings. The van der Waals surface area contributed by atoms with E-state index in [9.17, 15) is 13.6 Å². The van der Waals surface area contributed by atoms with E-state index in [1.165, 1.54) is 18.2 Å². The zero-order valence-corrected chi connectivity index (χ0v) is 7.52. The molecule has 0 bridgehead atoms. The fraction of sp³-hybridized carbons (Fsp3) is 0. The van der Waals surface area contributed by atoms with Gasteiger partial charge in [0.05, 0.1) is 11.8 Å². The number of carbonyl (C=O) groups excluding carboxylic acids is 1. The molecule has 1 heterocycles. The average molecular weight is 208 g/mol. The first-order valence-corrected chi connectivity index (χ1v) is 4.17. The molecule has 2 aromatic rings. The summed E-state index contributed by atoms with van der Waals surface area (Å²) in [4.78, 5) is 10.4. The smallest absolute Gasteiger partial charge is 0.226 e. The minimum Gasteiger partial charge on any atom is -0.298 e. The van der Waals surface area contributed by atoms with Gasteiger partial charge in [-0.3, -0.25) is 4.79 Å². The molecule has 0 atom stereocenters. The van der Waals surface area contributed by atoms with Crippen molar-refractivity contribution in [1.29, 1.82) is 0 Å². The standard InChI is InChI=1S/C10H6F2N2O/c11-8-3-1-2-4-9(8)14-10(12)7(6-15)5-13-14/h1-6H. The maximum Gasteiger partial charge on any atom is 0.226 e. The quantitative estimate of drug-likeness (QED) is 0.707. The van der Waals surface area contributed by atoms with Crippen molar-refractivity contribution in [3.63, 3.8) is 0 Å². The minimum atomic E-state index is -0.866. The summed E-state index contributed by atoms with van der Waals surface area (Å²) in [5, 5.41) is 3.59. The zero-order chi connectivity index (χ0) is 10.8. The van der Waals surface area contributed by atoms with Crippen LogP contribution < -0.4 is 0 Å². The van der Waals surface area contributed by atoms with E-state index in [4.69, 9.17) is 0 Å². The summed E-state index contributed by atoms with van der Waals surface area (Å²) in [6, 6.07) is 5.61. The van der Waals surface area contributed by atoms with Crippen LogP contribution in [0.5, 0.6) is 0 Å². The number of nitrogens with zero attached hydrogens (tertiary/aromatic N) is 2. The summed E-state index contributed by atoms with van der Waals surface area (Å²) in [6.45, 7) is 0. The highest BCUT2D eigenvalue weighted by molar-refractivity contribution is 5.74. The molecule has 2 rings (SSSR count). The second-order valence-electron chi connectivity index (χ2n) is 2.87. The third-order valence-electron chi connectivity index (χ3n) is 1.94. The third kappa shape index (κ3) is 1.52. The van der Waals surface area contributed by atoms with E-state index in [0.29, 0.717) is 6.29 Å². The molecule has 0 radical (unpaired) electrons. The lowest BCUT2D eigenvalue weighted by molar-refractivity contribution is 0.111. The molecule has 0 amide bonds. The Morgan fingerprint density at radius 3 is 2.60 bits per heavy atom. The van der Waals surface area contributed by atoms with Crippen molar-refractivity contribution in [3.05, 3.63) is 47.8 Å². The van der Waals surface area contributed by atoms with Gasteiger partial charge in [0.1, 0.15) is 11.5 Å². The second kappa shape index (κ2) is 3.61. The van der Waals surface area contributed by atoms with Gasteiger partial charge >= 0.3 is 0 Å². The molecule has 5 heteroatoms. The molecule has 1 aromatic carbocycles. The lowest BCUT2D eigenvalue weighted by Crippen LogP contribution is -2.02. The Morgan fingerprint density at radius 2 is 2.00 bits per heavy atom. The number of carbonyl (C=O) groups is 1.